The average Bonchev–Trinajstić information content (AvgIpc) is 2.31. The number of nitrogens with zero attached hydrogens (tertiary/aromatic N) is 1. The van der Waals surface area contributed by atoms with Crippen LogP contribution in [-0.4, -0.2) is 4.98 Å². The van der Waals surface area contributed by atoms with Crippen molar-refractivity contribution in [1.82, 2.24) is 4.98 Å². The quantitative estimate of drug-likeness (QED) is 0.781. The van der Waals surface area contributed by atoms with Gasteiger partial charge in [-0.2, -0.15) is 0 Å². The smallest absolute Gasteiger partial charge is 0.134 e. The summed E-state index contributed by atoms with van der Waals surface area (Å²) in [6.07, 6.45) is 3.40. The van der Waals surface area contributed by atoms with Crippen LogP contribution in [0.25, 0.3) is 11.1 Å². The van der Waals surface area contributed by atoms with Crippen molar-refractivity contribution in [3.05, 3.63) is 53.9 Å². The van der Waals surface area contributed by atoms with E-state index in [-0.39, 0.29) is 5.56 Å². The van der Waals surface area contributed by atoms with Crippen molar-refractivity contribution in [2.75, 3.05) is 0 Å². The molecule has 0 amide bonds. The van der Waals surface area contributed by atoms with Gasteiger partial charge in [0.15, 0.2) is 0 Å². The minimum atomic E-state index is -0.560. The lowest BCUT2D eigenvalue weighted by molar-refractivity contribution is 0.589. The van der Waals surface area contributed by atoms with Crippen molar-refractivity contribution in [2.45, 2.75) is 19.8 Å². The van der Waals surface area contributed by atoms with Crippen molar-refractivity contribution in [3.63, 3.8) is 0 Å². The van der Waals surface area contributed by atoms with E-state index in [1.54, 1.807) is 6.07 Å². The molecular weight excluding hydrogens is 220 g/mol. The molecule has 0 atom stereocenters. The highest BCUT2D eigenvalue weighted by atomic mass is 19.1. The zero-order valence-corrected chi connectivity index (χ0v) is 9.58. The van der Waals surface area contributed by atoms with Crippen LogP contribution < -0.4 is 0 Å². The van der Waals surface area contributed by atoms with E-state index in [0.717, 1.165) is 18.5 Å². The zero-order valence-electron chi connectivity index (χ0n) is 9.58. The van der Waals surface area contributed by atoms with Crippen molar-refractivity contribution in [1.29, 1.82) is 0 Å². The van der Waals surface area contributed by atoms with Crippen LogP contribution in [0.15, 0.2) is 36.5 Å². The molecule has 1 aromatic carbocycles. The largest absolute Gasteiger partial charge is 0.261 e. The number of aromatic nitrogens is 1. The van der Waals surface area contributed by atoms with E-state index in [9.17, 15) is 8.78 Å². The maximum atomic E-state index is 13.5. The third kappa shape index (κ3) is 2.49. The second-order valence-corrected chi connectivity index (χ2v) is 3.88. The lowest BCUT2D eigenvalue weighted by atomic mass is 10.1. The van der Waals surface area contributed by atoms with Gasteiger partial charge in [-0.1, -0.05) is 25.5 Å². The normalized spacial score (nSPS) is 10.5. The standard InChI is InChI=1S/C14H13F2N/c1-2-4-11-8-7-10(9-17-11)14-12(15)5-3-6-13(14)16/h3,5-9H,2,4H2,1H3. The SMILES string of the molecule is CCCc1ccc(-c2c(F)cccc2F)cn1. The Labute approximate surface area is 99.1 Å². The Balaban J connectivity index is 2.40. The Kier molecular flexibility index (Phi) is 3.47. The van der Waals surface area contributed by atoms with E-state index in [1.165, 1.54) is 24.4 Å². The van der Waals surface area contributed by atoms with E-state index in [4.69, 9.17) is 0 Å². The molecule has 2 rings (SSSR count). The fourth-order valence-electron chi connectivity index (χ4n) is 1.75. The second-order valence-electron chi connectivity index (χ2n) is 3.88. The Morgan fingerprint density at radius 3 is 2.29 bits per heavy atom. The van der Waals surface area contributed by atoms with E-state index >= 15 is 0 Å². The molecule has 0 radical (unpaired) electrons. The maximum absolute atomic E-state index is 13.5. The molecule has 0 spiro atoms. The first-order valence-electron chi connectivity index (χ1n) is 5.61. The van der Waals surface area contributed by atoms with Gasteiger partial charge in [-0.3, -0.25) is 4.98 Å². The minimum absolute atomic E-state index is 0.0111. The Hall–Kier alpha value is -1.77. The van der Waals surface area contributed by atoms with Crippen LogP contribution in [0.5, 0.6) is 0 Å². The summed E-state index contributed by atoms with van der Waals surface area (Å²) in [5.41, 5.74) is 1.40. The van der Waals surface area contributed by atoms with Crippen molar-refractivity contribution in [2.24, 2.45) is 0 Å². The van der Waals surface area contributed by atoms with Crippen LogP contribution in [0.3, 0.4) is 0 Å². The fraction of sp³-hybridized carbons (Fsp3) is 0.214. The average molecular weight is 233 g/mol. The van der Waals surface area contributed by atoms with Gasteiger partial charge in [0.25, 0.3) is 0 Å². The Morgan fingerprint density at radius 2 is 1.76 bits per heavy atom. The molecule has 0 aliphatic rings. The van der Waals surface area contributed by atoms with Gasteiger partial charge in [0.2, 0.25) is 0 Å². The molecule has 0 N–H and O–H groups in total. The minimum Gasteiger partial charge on any atom is -0.261 e. The number of benzene rings is 1. The lowest BCUT2D eigenvalue weighted by Crippen LogP contribution is -1.93. The van der Waals surface area contributed by atoms with Crippen LogP contribution >= 0.6 is 0 Å². The zero-order chi connectivity index (χ0) is 12.3. The highest BCUT2D eigenvalue weighted by Crippen LogP contribution is 2.25. The van der Waals surface area contributed by atoms with E-state index in [0.29, 0.717) is 5.56 Å². The summed E-state index contributed by atoms with van der Waals surface area (Å²) in [5.74, 6) is -1.12. The van der Waals surface area contributed by atoms with Gasteiger partial charge in [0.1, 0.15) is 11.6 Å². The predicted molar refractivity (Wildman–Crippen MR) is 63.6 cm³/mol. The summed E-state index contributed by atoms with van der Waals surface area (Å²) >= 11 is 0. The first-order valence-corrected chi connectivity index (χ1v) is 5.61. The highest BCUT2D eigenvalue weighted by molar-refractivity contribution is 5.63. The number of halogens is 2. The molecule has 0 saturated carbocycles. The van der Waals surface area contributed by atoms with Gasteiger partial charge in [-0.25, -0.2) is 8.78 Å². The Bertz CT molecular complexity index is 486. The van der Waals surface area contributed by atoms with Crippen LogP contribution in [0.1, 0.15) is 19.0 Å². The number of hydrogen-bond donors (Lipinski definition) is 0. The van der Waals surface area contributed by atoms with Crippen LogP contribution in [-0.2, 0) is 6.42 Å². The fourth-order valence-corrected chi connectivity index (χ4v) is 1.75. The number of hydrogen-bond acceptors (Lipinski definition) is 1. The molecule has 0 saturated heterocycles. The van der Waals surface area contributed by atoms with Gasteiger partial charge < -0.3 is 0 Å². The van der Waals surface area contributed by atoms with Crippen molar-refractivity contribution >= 4 is 0 Å². The monoisotopic (exact) mass is 233 g/mol. The first kappa shape index (κ1) is 11.7. The lowest BCUT2D eigenvalue weighted by Gasteiger charge is -2.05. The summed E-state index contributed by atoms with van der Waals surface area (Å²) < 4.78 is 27.0. The van der Waals surface area contributed by atoms with Gasteiger partial charge >= 0.3 is 0 Å². The van der Waals surface area contributed by atoms with Crippen molar-refractivity contribution < 1.29 is 8.78 Å². The molecule has 3 heteroatoms. The summed E-state index contributed by atoms with van der Waals surface area (Å²) in [6.45, 7) is 2.06. The van der Waals surface area contributed by atoms with E-state index in [1.807, 2.05) is 6.07 Å². The van der Waals surface area contributed by atoms with Crippen molar-refractivity contribution in [3.8, 4) is 11.1 Å². The number of aryl methyl sites for hydroxylation is 1. The molecule has 1 heterocycles. The van der Waals surface area contributed by atoms with Crippen LogP contribution in [0.4, 0.5) is 8.78 Å². The third-order valence-electron chi connectivity index (χ3n) is 2.58. The highest BCUT2D eigenvalue weighted by Gasteiger charge is 2.10. The number of rotatable bonds is 3. The molecule has 88 valence electrons. The topological polar surface area (TPSA) is 12.9 Å². The van der Waals surface area contributed by atoms with Crippen LogP contribution in [0, 0.1) is 11.6 Å². The summed E-state index contributed by atoms with van der Waals surface area (Å²) in [4.78, 5) is 4.19. The molecule has 17 heavy (non-hydrogen) atoms. The molecular formula is C14H13F2N. The molecule has 1 nitrogen and oxygen atoms in total. The van der Waals surface area contributed by atoms with Gasteiger partial charge in [-0.05, 0) is 24.6 Å². The third-order valence-corrected chi connectivity index (χ3v) is 2.58. The number of pyridine rings is 1. The Morgan fingerprint density at radius 1 is 1.06 bits per heavy atom. The van der Waals surface area contributed by atoms with Gasteiger partial charge in [-0.15, -0.1) is 0 Å². The summed E-state index contributed by atoms with van der Waals surface area (Å²) in [5, 5.41) is 0. The summed E-state index contributed by atoms with van der Waals surface area (Å²) in [7, 11) is 0. The predicted octanol–water partition coefficient (Wildman–Crippen LogP) is 3.98. The molecule has 2 aromatic rings. The van der Waals surface area contributed by atoms with Crippen LogP contribution in [0.2, 0.25) is 0 Å². The summed E-state index contributed by atoms with van der Waals surface area (Å²) in [6, 6.07) is 7.37. The molecule has 0 bridgehead atoms. The second kappa shape index (κ2) is 5.04. The van der Waals surface area contributed by atoms with Gasteiger partial charge in [0, 0.05) is 17.5 Å². The molecule has 0 unspecified atom stereocenters. The van der Waals surface area contributed by atoms with Gasteiger partial charge in [0.05, 0.1) is 5.56 Å². The molecule has 0 aliphatic carbocycles. The molecule has 1 aromatic heterocycles. The van der Waals surface area contributed by atoms with E-state index < -0.39 is 11.6 Å². The first-order chi connectivity index (χ1) is 8.22. The molecule has 0 aliphatic heterocycles. The molecule has 0 fully saturated rings. The maximum Gasteiger partial charge on any atom is 0.134 e. The van der Waals surface area contributed by atoms with E-state index in [2.05, 4.69) is 11.9 Å².